The minimum Gasteiger partial charge on any atom is -0.459 e. The molecule has 0 bridgehead atoms. The zero-order chi connectivity index (χ0) is 14.9. The third-order valence-electron chi connectivity index (χ3n) is 4.73. The molecule has 5 heteroatoms. The fourth-order valence-electron chi connectivity index (χ4n) is 2.76. The third kappa shape index (κ3) is 3.12. The van der Waals surface area contributed by atoms with Crippen molar-refractivity contribution in [1.82, 2.24) is 10.2 Å². The Bertz CT molecular complexity index is 512. The van der Waals surface area contributed by atoms with Gasteiger partial charge in [0.25, 0.3) is 5.91 Å². The number of hydrogen-bond donors (Lipinski definition) is 1. The van der Waals surface area contributed by atoms with Gasteiger partial charge in [-0.2, -0.15) is 0 Å². The highest BCUT2D eigenvalue weighted by Crippen LogP contribution is 2.45. The van der Waals surface area contributed by atoms with E-state index >= 15 is 0 Å². The van der Waals surface area contributed by atoms with Crippen molar-refractivity contribution in [3.05, 3.63) is 24.2 Å². The highest BCUT2D eigenvalue weighted by atomic mass is 16.3. The zero-order valence-electron chi connectivity index (χ0n) is 12.4. The van der Waals surface area contributed by atoms with E-state index in [4.69, 9.17) is 4.42 Å². The number of piperidine rings is 1. The first-order valence-electron chi connectivity index (χ1n) is 7.69. The largest absolute Gasteiger partial charge is 0.459 e. The Balaban J connectivity index is 1.43. The van der Waals surface area contributed by atoms with E-state index < -0.39 is 0 Å². The van der Waals surface area contributed by atoms with Crippen LogP contribution in [-0.4, -0.2) is 36.3 Å². The summed E-state index contributed by atoms with van der Waals surface area (Å²) >= 11 is 0. The summed E-state index contributed by atoms with van der Waals surface area (Å²) in [5, 5.41) is 3.07. The van der Waals surface area contributed by atoms with Gasteiger partial charge in [0.2, 0.25) is 5.91 Å². The van der Waals surface area contributed by atoms with E-state index in [-0.39, 0.29) is 17.2 Å². The molecule has 2 heterocycles. The van der Waals surface area contributed by atoms with Crippen LogP contribution in [0.15, 0.2) is 22.8 Å². The lowest BCUT2D eigenvalue weighted by Gasteiger charge is -2.31. The molecule has 1 N–H and O–H groups in total. The molecule has 21 heavy (non-hydrogen) atoms. The van der Waals surface area contributed by atoms with Crippen molar-refractivity contribution in [2.24, 2.45) is 11.3 Å². The van der Waals surface area contributed by atoms with Crippen LogP contribution in [0.2, 0.25) is 0 Å². The average molecular weight is 290 g/mol. The van der Waals surface area contributed by atoms with Crippen LogP contribution in [0.5, 0.6) is 0 Å². The second kappa shape index (κ2) is 5.54. The molecule has 5 nitrogen and oxygen atoms in total. The topological polar surface area (TPSA) is 62.6 Å². The molecule has 1 aliphatic heterocycles. The minimum absolute atomic E-state index is 0.0343. The highest BCUT2D eigenvalue weighted by Gasteiger charge is 2.44. The predicted octanol–water partition coefficient (Wildman–Crippen LogP) is 2.05. The van der Waals surface area contributed by atoms with Crippen LogP contribution in [0, 0.1) is 11.3 Å². The second-order valence-corrected chi connectivity index (χ2v) is 6.48. The van der Waals surface area contributed by atoms with E-state index in [2.05, 4.69) is 5.32 Å². The molecule has 114 valence electrons. The summed E-state index contributed by atoms with van der Waals surface area (Å²) < 4.78 is 5.15. The molecule has 1 aliphatic carbocycles. The molecule has 0 radical (unpaired) electrons. The maximum absolute atomic E-state index is 12.1. The number of nitrogens with one attached hydrogen (secondary N) is 1. The van der Waals surface area contributed by atoms with E-state index in [1.165, 1.54) is 6.26 Å². The van der Waals surface area contributed by atoms with E-state index in [1.54, 1.807) is 12.1 Å². The lowest BCUT2D eigenvalue weighted by atomic mass is 9.96. The van der Waals surface area contributed by atoms with Gasteiger partial charge in [-0.05, 0) is 43.7 Å². The monoisotopic (exact) mass is 290 g/mol. The highest BCUT2D eigenvalue weighted by molar-refractivity contribution is 5.91. The minimum atomic E-state index is -0.101. The van der Waals surface area contributed by atoms with Gasteiger partial charge >= 0.3 is 0 Å². The van der Waals surface area contributed by atoms with E-state index in [0.29, 0.717) is 11.7 Å². The fraction of sp³-hybridized carbons (Fsp3) is 0.625. The molecule has 1 saturated heterocycles. The van der Waals surface area contributed by atoms with Crippen LogP contribution in [0.4, 0.5) is 0 Å². The van der Waals surface area contributed by atoms with Crippen molar-refractivity contribution < 1.29 is 14.0 Å². The fourth-order valence-corrected chi connectivity index (χ4v) is 2.76. The standard InChI is InChI=1S/C16H22N2O3/c1-16(6-7-16)15(20)17-11-12-4-8-18(9-5-12)14(19)13-3-2-10-21-13/h2-3,10,12H,4-9,11H2,1H3,(H,17,20). The van der Waals surface area contributed by atoms with Gasteiger partial charge in [0.15, 0.2) is 5.76 Å². The lowest BCUT2D eigenvalue weighted by Crippen LogP contribution is -2.42. The molecule has 1 saturated carbocycles. The molecule has 2 amide bonds. The summed E-state index contributed by atoms with van der Waals surface area (Å²) in [4.78, 5) is 25.9. The summed E-state index contributed by atoms with van der Waals surface area (Å²) in [6.07, 6.45) is 5.41. The molecule has 0 aromatic carbocycles. The van der Waals surface area contributed by atoms with Gasteiger partial charge in [-0.3, -0.25) is 9.59 Å². The van der Waals surface area contributed by atoms with Gasteiger partial charge < -0.3 is 14.6 Å². The number of likely N-dealkylation sites (tertiary alicyclic amines) is 1. The molecular weight excluding hydrogens is 268 g/mol. The number of nitrogens with zero attached hydrogens (tertiary/aromatic N) is 1. The molecule has 2 fully saturated rings. The zero-order valence-corrected chi connectivity index (χ0v) is 12.4. The van der Waals surface area contributed by atoms with Gasteiger partial charge in [0.1, 0.15) is 0 Å². The molecule has 0 atom stereocenters. The molecule has 2 aliphatic rings. The maximum Gasteiger partial charge on any atom is 0.289 e. The summed E-state index contributed by atoms with van der Waals surface area (Å²) in [7, 11) is 0. The van der Waals surface area contributed by atoms with Crippen molar-refractivity contribution in [3.63, 3.8) is 0 Å². The van der Waals surface area contributed by atoms with Gasteiger partial charge in [0, 0.05) is 25.0 Å². The number of carbonyl (C=O) groups is 2. The van der Waals surface area contributed by atoms with Crippen molar-refractivity contribution in [1.29, 1.82) is 0 Å². The maximum atomic E-state index is 12.1. The van der Waals surface area contributed by atoms with Crippen molar-refractivity contribution in [2.45, 2.75) is 32.6 Å². The Morgan fingerprint density at radius 2 is 2.10 bits per heavy atom. The summed E-state index contributed by atoms with van der Waals surface area (Å²) in [5.41, 5.74) is -0.101. The average Bonchev–Trinajstić information content (AvgIpc) is 3.05. The first kappa shape index (κ1) is 14.2. The van der Waals surface area contributed by atoms with E-state index in [1.807, 2.05) is 11.8 Å². The van der Waals surface area contributed by atoms with Crippen LogP contribution in [0.3, 0.4) is 0 Å². The van der Waals surface area contributed by atoms with Gasteiger partial charge in [-0.15, -0.1) is 0 Å². The van der Waals surface area contributed by atoms with Crippen LogP contribution in [0.1, 0.15) is 43.2 Å². The smallest absolute Gasteiger partial charge is 0.289 e. The summed E-state index contributed by atoms with van der Waals surface area (Å²) in [5.74, 6) is 1.03. The van der Waals surface area contributed by atoms with Crippen LogP contribution < -0.4 is 5.32 Å². The Labute approximate surface area is 124 Å². The molecule has 0 spiro atoms. The molecule has 1 aromatic rings. The van der Waals surface area contributed by atoms with Crippen molar-refractivity contribution in [3.8, 4) is 0 Å². The Morgan fingerprint density at radius 1 is 1.38 bits per heavy atom. The van der Waals surface area contributed by atoms with Crippen molar-refractivity contribution >= 4 is 11.8 Å². The van der Waals surface area contributed by atoms with Crippen molar-refractivity contribution in [2.75, 3.05) is 19.6 Å². The molecule has 0 unspecified atom stereocenters. The van der Waals surface area contributed by atoms with Crippen LogP contribution >= 0.6 is 0 Å². The first-order chi connectivity index (χ1) is 10.1. The number of rotatable bonds is 4. The Morgan fingerprint density at radius 3 is 2.67 bits per heavy atom. The van der Waals surface area contributed by atoms with Gasteiger partial charge in [0.05, 0.1) is 6.26 Å². The number of furan rings is 1. The van der Waals surface area contributed by atoms with E-state index in [0.717, 1.165) is 45.3 Å². The molecule has 3 rings (SSSR count). The SMILES string of the molecule is CC1(C(=O)NCC2CCN(C(=O)c3ccco3)CC2)CC1. The quantitative estimate of drug-likeness (QED) is 0.923. The lowest BCUT2D eigenvalue weighted by molar-refractivity contribution is -0.126. The normalized spacial score (nSPS) is 21.1. The molecular formula is C16H22N2O3. The van der Waals surface area contributed by atoms with Crippen LogP contribution in [0.25, 0.3) is 0 Å². The van der Waals surface area contributed by atoms with E-state index in [9.17, 15) is 9.59 Å². The predicted molar refractivity (Wildman–Crippen MR) is 77.7 cm³/mol. The Kier molecular flexibility index (Phi) is 3.74. The molecule has 1 aromatic heterocycles. The number of hydrogen-bond acceptors (Lipinski definition) is 3. The van der Waals surface area contributed by atoms with Gasteiger partial charge in [-0.1, -0.05) is 6.92 Å². The Hall–Kier alpha value is -1.78. The second-order valence-electron chi connectivity index (χ2n) is 6.48. The third-order valence-corrected chi connectivity index (χ3v) is 4.73. The first-order valence-corrected chi connectivity index (χ1v) is 7.69. The summed E-state index contributed by atoms with van der Waals surface area (Å²) in [6, 6.07) is 3.43. The number of carbonyl (C=O) groups excluding carboxylic acids is 2. The summed E-state index contributed by atoms with van der Waals surface area (Å²) in [6.45, 7) is 4.22. The van der Waals surface area contributed by atoms with Crippen LogP contribution in [-0.2, 0) is 4.79 Å². The number of amides is 2. The van der Waals surface area contributed by atoms with Gasteiger partial charge in [-0.25, -0.2) is 0 Å².